The fourth-order valence-electron chi connectivity index (χ4n) is 2.13. The molecule has 2 atom stereocenters. The van der Waals surface area contributed by atoms with Crippen molar-refractivity contribution in [3.05, 3.63) is 39.7 Å². The molecule has 0 heterocycles. The molecule has 102 valence electrons. The summed E-state index contributed by atoms with van der Waals surface area (Å²) < 4.78 is 13.2. The lowest BCUT2D eigenvalue weighted by Gasteiger charge is -2.17. The molecular formula is C13H15FN2O3. The molecule has 1 aromatic carbocycles. The standard InChI is InChI=1S/C13H15FN2O3/c1-8-5-9(8)7-15(2)13(17)11-6-10(14)3-4-12(11)16(18)19/h3-4,6,8-9H,5,7H2,1-2H3. The Labute approximate surface area is 110 Å². The van der Waals surface area contributed by atoms with Gasteiger partial charge in [-0.15, -0.1) is 0 Å². The third kappa shape index (κ3) is 2.89. The molecule has 0 aromatic heterocycles. The number of benzene rings is 1. The smallest absolute Gasteiger partial charge is 0.282 e. The number of hydrogen-bond acceptors (Lipinski definition) is 3. The van der Waals surface area contributed by atoms with Gasteiger partial charge in [0.15, 0.2) is 0 Å². The minimum atomic E-state index is -0.666. The highest BCUT2D eigenvalue weighted by Gasteiger charge is 2.35. The third-order valence-electron chi connectivity index (χ3n) is 3.52. The van der Waals surface area contributed by atoms with E-state index in [4.69, 9.17) is 0 Å². The molecule has 2 rings (SSSR count). The Hall–Kier alpha value is -1.98. The summed E-state index contributed by atoms with van der Waals surface area (Å²) in [5.74, 6) is -0.133. The van der Waals surface area contributed by atoms with E-state index in [0.29, 0.717) is 18.4 Å². The number of rotatable bonds is 4. The summed E-state index contributed by atoms with van der Waals surface area (Å²) in [5, 5.41) is 10.9. The van der Waals surface area contributed by atoms with Crippen LogP contribution in [0.25, 0.3) is 0 Å². The van der Waals surface area contributed by atoms with E-state index in [-0.39, 0.29) is 11.3 Å². The molecule has 1 aromatic rings. The van der Waals surface area contributed by atoms with Crippen LogP contribution in [0.2, 0.25) is 0 Å². The molecule has 0 spiro atoms. The summed E-state index contributed by atoms with van der Waals surface area (Å²) in [7, 11) is 1.59. The van der Waals surface area contributed by atoms with Gasteiger partial charge in [0.05, 0.1) is 4.92 Å². The first-order valence-corrected chi connectivity index (χ1v) is 6.09. The minimum absolute atomic E-state index is 0.194. The Morgan fingerprint density at radius 3 is 2.74 bits per heavy atom. The lowest BCUT2D eigenvalue weighted by Crippen LogP contribution is -2.29. The van der Waals surface area contributed by atoms with E-state index in [9.17, 15) is 19.3 Å². The Morgan fingerprint density at radius 1 is 1.58 bits per heavy atom. The number of nitro benzene ring substituents is 1. The van der Waals surface area contributed by atoms with E-state index in [1.807, 2.05) is 0 Å². The van der Waals surface area contributed by atoms with Crippen LogP contribution in [-0.2, 0) is 0 Å². The zero-order valence-electron chi connectivity index (χ0n) is 10.8. The highest BCUT2D eigenvalue weighted by molar-refractivity contribution is 5.98. The maximum absolute atomic E-state index is 13.2. The molecule has 0 radical (unpaired) electrons. The van der Waals surface area contributed by atoms with Gasteiger partial charge in [-0.3, -0.25) is 14.9 Å². The van der Waals surface area contributed by atoms with E-state index in [1.165, 1.54) is 4.90 Å². The predicted octanol–water partition coefficient (Wildman–Crippen LogP) is 2.46. The monoisotopic (exact) mass is 266 g/mol. The average molecular weight is 266 g/mol. The van der Waals surface area contributed by atoms with Gasteiger partial charge >= 0.3 is 0 Å². The van der Waals surface area contributed by atoms with Crippen LogP contribution in [0.5, 0.6) is 0 Å². The van der Waals surface area contributed by atoms with Crippen LogP contribution in [0, 0.1) is 27.8 Å². The van der Waals surface area contributed by atoms with Crippen molar-refractivity contribution in [1.82, 2.24) is 4.90 Å². The van der Waals surface area contributed by atoms with Crippen LogP contribution >= 0.6 is 0 Å². The van der Waals surface area contributed by atoms with E-state index in [1.54, 1.807) is 7.05 Å². The normalized spacial score (nSPS) is 21.0. The van der Waals surface area contributed by atoms with E-state index < -0.39 is 16.6 Å². The minimum Gasteiger partial charge on any atom is -0.341 e. The van der Waals surface area contributed by atoms with Gasteiger partial charge in [-0.05, 0) is 30.4 Å². The van der Waals surface area contributed by atoms with Crippen molar-refractivity contribution < 1.29 is 14.1 Å². The van der Waals surface area contributed by atoms with Crippen molar-refractivity contribution in [2.75, 3.05) is 13.6 Å². The second-order valence-electron chi connectivity index (χ2n) is 5.08. The molecule has 1 amide bonds. The fourth-order valence-corrected chi connectivity index (χ4v) is 2.13. The van der Waals surface area contributed by atoms with Gasteiger partial charge in [0.2, 0.25) is 0 Å². The molecule has 6 heteroatoms. The van der Waals surface area contributed by atoms with Crippen molar-refractivity contribution in [2.45, 2.75) is 13.3 Å². The van der Waals surface area contributed by atoms with Crippen molar-refractivity contribution in [2.24, 2.45) is 11.8 Å². The number of carbonyl (C=O) groups is 1. The van der Waals surface area contributed by atoms with E-state index in [2.05, 4.69) is 6.92 Å². The van der Waals surface area contributed by atoms with E-state index in [0.717, 1.165) is 24.6 Å². The fraction of sp³-hybridized carbons (Fsp3) is 0.462. The highest BCUT2D eigenvalue weighted by Crippen LogP contribution is 2.38. The SMILES string of the molecule is CC1CC1CN(C)C(=O)c1cc(F)ccc1[N+](=O)[O-]. The summed E-state index contributed by atoms with van der Waals surface area (Å²) in [5.41, 5.74) is -0.553. The zero-order chi connectivity index (χ0) is 14.2. The number of carbonyl (C=O) groups excluding carboxylic acids is 1. The van der Waals surface area contributed by atoms with Crippen molar-refractivity contribution >= 4 is 11.6 Å². The molecule has 0 N–H and O–H groups in total. The lowest BCUT2D eigenvalue weighted by atomic mass is 10.1. The maximum atomic E-state index is 13.2. The number of hydrogen-bond donors (Lipinski definition) is 0. The molecule has 1 aliphatic carbocycles. The number of nitro groups is 1. The maximum Gasteiger partial charge on any atom is 0.282 e. The van der Waals surface area contributed by atoms with Crippen LogP contribution in [0.4, 0.5) is 10.1 Å². The Morgan fingerprint density at radius 2 is 2.21 bits per heavy atom. The van der Waals surface area contributed by atoms with Gasteiger partial charge in [-0.2, -0.15) is 0 Å². The van der Waals surface area contributed by atoms with Gasteiger partial charge in [-0.1, -0.05) is 6.92 Å². The van der Waals surface area contributed by atoms with Gasteiger partial charge in [0.25, 0.3) is 11.6 Å². The molecule has 19 heavy (non-hydrogen) atoms. The van der Waals surface area contributed by atoms with Crippen LogP contribution in [0.1, 0.15) is 23.7 Å². The summed E-state index contributed by atoms with van der Waals surface area (Å²) in [4.78, 5) is 23.8. The van der Waals surface area contributed by atoms with Crippen LogP contribution in [0.3, 0.4) is 0 Å². The topological polar surface area (TPSA) is 63.5 Å². The highest BCUT2D eigenvalue weighted by atomic mass is 19.1. The molecule has 0 bridgehead atoms. The predicted molar refractivity (Wildman–Crippen MR) is 67.3 cm³/mol. The number of halogens is 1. The van der Waals surface area contributed by atoms with Gasteiger partial charge in [0, 0.05) is 19.7 Å². The van der Waals surface area contributed by atoms with Crippen LogP contribution < -0.4 is 0 Å². The molecule has 0 aliphatic heterocycles. The lowest BCUT2D eigenvalue weighted by molar-refractivity contribution is -0.385. The Kier molecular flexibility index (Phi) is 3.50. The summed E-state index contributed by atoms with van der Waals surface area (Å²) in [6.07, 6.45) is 1.06. The summed E-state index contributed by atoms with van der Waals surface area (Å²) >= 11 is 0. The Bertz CT molecular complexity index is 533. The molecule has 1 fully saturated rings. The van der Waals surface area contributed by atoms with Crippen molar-refractivity contribution in [3.8, 4) is 0 Å². The van der Waals surface area contributed by atoms with Crippen molar-refractivity contribution in [3.63, 3.8) is 0 Å². The van der Waals surface area contributed by atoms with Gasteiger partial charge in [-0.25, -0.2) is 4.39 Å². The second-order valence-corrected chi connectivity index (χ2v) is 5.08. The zero-order valence-corrected chi connectivity index (χ0v) is 10.8. The molecule has 5 nitrogen and oxygen atoms in total. The number of amides is 1. The van der Waals surface area contributed by atoms with Crippen molar-refractivity contribution in [1.29, 1.82) is 0 Å². The van der Waals surface area contributed by atoms with Gasteiger partial charge in [0.1, 0.15) is 11.4 Å². The average Bonchev–Trinajstić information content (AvgIpc) is 3.03. The molecular weight excluding hydrogens is 251 g/mol. The first-order valence-electron chi connectivity index (χ1n) is 6.09. The second kappa shape index (κ2) is 4.95. The van der Waals surface area contributed by atoms with E-state index >= 15 is 0 Å². The quantitative estimate of drug-likeness (QED) is 0.621. The first-order chi connectivity index (χ1) is 8.90. The summed E-state index contributed by atoms with van der Waals surface area (Å²) in [6, 6.07) is 2.93. The summed E-state index contributed by atoms with van der Waals surface area (Å²) in [6.45, 7) is 2.64. The molecule has 1 aliphatic rings. The number of nitrogens with zero attached hydrogens (tertiary/aromatic N) is 2. The molecule has 2 unspecified atom stereocenters. The van der Waals surface area contributed by atoms with Gasteiger partial charge < -0.3 is 4.90 Å². The third-order valence-corrected chi connectivity index (χ3v) is 3.52. The van der Waals surface area contributed by atoms with Crippen LogP contribution in [-0.4, -0.2) is 29.3 Å². The largest absolute Gasteiger partial charge is 0.341 e. The molecule has 0 saturated heterocycles. The first kappa shape index (κ1) is 13.5. The molecule has 1 saturated carbocycles. The Balaban J connectivity index is 2.21. The van der Waals surface area contributed by atoms with Crippen LogP contribution in [0.15, 0.2) is 18.2 Å².